The molecule has 0 radical (unpaired) electrons. The number of carbonyl (C=O) groups is 2. The number of ether oxygens (including phenoxy) is 1. The highest BCUT2D eigenvalue weighted by Crippen LogP contribution is 2.26. The molecule has 1 aromatic heterocycles. The Bertz CT molecular complexity index is 1020. The van der Waals surface area contributed by atoms with Crippen LogP contribution < -0.4 is 15.4 Å². The monoisotopic (exact) mass is 443 g/mol. The van der Waals surface area contributed by atoms with Gasteiger partial charge < -0.3 is 10.1 Å². The van der Waals surface area contributed by atoms with E-state index in [0.29, 0.717) is 15.9 Å². The van der Waals surface area contributed by atoms with E-state index in [2.05, 4.69) is 15.6 Å². The second-order valence-electron chi connectivity index (χ2n) is 6.79. The molecule has 1 heterocycles. The summed E-state index contributed by atoms with van der Waals surface area (Å²) in [5, 5.41) is 8.62. The summed E-state index contributed by atoms with van der Waals surface area (Å²) in [6, 6.07) is 14.6. The lowest BCUT2D eigenvalue weighted by Gasteiger charge is -2.13. The zero-order chi connectivity index (χ0) is 21.7. The van der Waals surface area contributed by atoms with E-state index in [4.69, 9.17) is 16.3 Å². The van der Waals surface area contributed by atoms with E-state index < -0.39 is 6.10 Å². The smallest absolute Gasteiger partial charge is 0.266 e. The van der Waals surface area contributed by atoms with Crippen molar-refractivity contribution in [3.8, 4) is 17.0 Å². The summed E-state index contributed by atoms with van der Waals surface area (Å²) < 4.78 is 5.63. The minimum atomic E-state index is -0.687. The maximum Gasteiger partial charge on any atom is 0.266 e. The molecule has 0 bridgehead atoms. The van der Waals surface area contributed by atoms with Crippen LogP contribution in [0.15, 0.2) is 53.9 Å². The Hall–Kier alpha value is -2.90. The van der Waals surface area contributed by atoms with Crippen molar-refractivity contribution >= 4 is 39.9 Å². The van der Waals surface area contributed by atoms with Gasteiger partial charge >= 0.3 is 0 Å². The van der Waals surface area contributed by atoms with Crippen molar-refractivity contribution in [2.75, 3.05) is 5.32 Å². The number of hydrogen-bond donors (Lipinski definition) is 2. The van der Waals surface area contributed by atoms with Gasteiger partial charge in [-0.2, -0.15) is 0 Å². The maximum absolute atomic E-state index is 12.4. The molecule has 0 spiro atoms. The average Bonchev–Trinajstić information content (AvgIpc) is 3.17. The summed E-state index contributed by atoms with van der Waals surface area (Å²) >= 11 is 7.20. The molecule has 2 amide bonds. The summed E-state index contributed by atoms with van der Waals surface area (Å²) in [5.41, 5.74) is 2.70. The van der Waals surface area contributed by atoms with Crippen LogP contribution in [0.4, 0.5) is 5.13 Å². The maximum atomic E-state index is 12.4. The van der Waals surface area contributed by atoms with E-state index >= 15 is 0 Å². The van der Waals surface area contributed by atoms with Crippen LogP contribution in [-0.4, -0.2) is 22.9 Å². The Kier molecular flexibility index (Phi) is 7.07. The number of amides is 2. The molecule has 2 N–H and O–H groups in total. The van der Waals surface area contributed by atoms with Gasteiger partial charge in [0.2, 0.25) is 5.91 Å². The van der Waals surface area contributed by atoms with Crippen molar-refractivity contribution in [1.82, 2.24) is 10.3 Å². The summed E-state index contributed by atoms with van der Waals surface area (Å²) in [5.74, 6) is 0.210. The van der Waals surface area contributed by atoms with E-state index in [1.165, 1.54) is 18.3 Å². The molecule has 3 aromatic rings. The molecule has 0 aliphatic rings. The first-order valence-corrected chi connectivity index (χ1v) is 10.6. The molecule has 0 aliphatic heterocycles. The number of benzene rings is 2. The fraction of sp³-hybridized carbons (Fsp3) is 0.227. The van der Waals surface area contributed by atoms with E-state index in [1.54, 1.807) is 31.2 Å². The average molecular weight is 444 g/mol. The second-order valence-corrected chi connectivity index (χ2v) is 8.08. The van der Waals surface area contributed by atoms with Crippen molar-refractivity contribution in [2.24, 2.45) is 0 Å². The van der Waals surface area contributed by atoms with E-state index in [-0.39, 0.29) is 17.9 Å². The van der Waals surface area contributed by atoms with Gasteiger partial charge in [-0.1, -0.05) is 35.9 Å². The van der Waals surface area contributed by atoms with Crippen molar-refractivity contribution in [2.45, 2.75) is 32.9 Å². The molecule has 0 saturated carbocycles. The summed E-state index contributed by atoms with van der Waals surface area (Å²) in [4.78, 5) is 28.1. The van der Waals surface area contributed by atoms with Gasteiger partial charge in [0.25, 0.3) is 5.91 Å². The van der Waals surface area contributed by atoms with Crippen LogP contribution in [0, 0.1) is 0 Å². The molecule has 3 rings (SSSR count). The number of carbonyl (C=O) groups excluding carboxylic acids is 2. The lowest BCUT2D eigenvalue weighted by Crippen LogP contribution is -2.30. The zero-order valence-corrected chi connectivity index (χ0v) is 18.4. The Morgan fingerprint density at radius 1 is 1.07 bits per heavy atom. The number of anilines is 1. The molecule has 0 aliphatic carbocycles. The summed E-state index contributed by atoms with van der Waals surface area (Å²) in [6.07, 6.45) is -0.687. The molecular weight excluding hydrogens is 422 g/mol. The minimum absolute atomic E-state index is 0.0658. The topological polar surface area (TPSA) is 80.3 Å². The minimum Gasteiger partial charge on any atom is -0.481 e. The van der Waals surface area contributed by atoms with Crippen LogP contribution in [0.3, 0.4) is 0 Å². The Morgan fingerprint density at radius 3 is 2.37 bits per heavy atom. The van der Waals surface area contributed by atoms with Gasteiger partial charge in [-0.05, 0) is 43.7 Å². The summed E-state index contributed by atoms with van der Waals surface area (Å²) in [7, 11) is 0. The second kappa shape index (κ2) is 9.73. The Labute approximate surface area is 184 Å². The number of thiazole rings is 1. The van der Waals surface area contributed by atoms with Crippen molar-refractivity contribution in [3.63, 3.8) is 0 Å². The van der Waals surface area contributed by atoms with Crippen LogP contribution in [0.5, 0.6) is 5.75 Å². The number of aromatic nitrogens is 1. The van der Waals surface area contributed by atoms with Gasteiger partial charge in [-0.3, -0.25) is 14.9 Å². The third-order valence-electron chi connectivity index (χ3n) is 4.36. The largest absolute Gasteiger partial charge is 0.481 e. The first-order chi connectivity index (χ1) is 14.3. The first kappa shape index (κ1) is 21.8. The fourth-order valence-electron chi connectivity index (χ4n) is 2.77. The van der Waals surface area contributed by atoms with Gasteiger partial charge in [0.1, 0.15) is 5.75 Å². The van der Waals surface area contributed by atoms with Gasteiger partial charge in [0.05, 0.1) is 11.7 Å². The van der Waals surface area contributed by atoms with Gasteiger partial charge in [0.15, 0.2) is 11.2 Å². The normalized spacial score (nSPS) is 12.7. The highest BCUT2D eigenvalue weighted by atomic mass is 35.5. The number of nitrogens with one attached hydrogen (secondary N) is 2. The lowest BCUT2D eigenvalue weighted by atomic mass is 10.1. The highest BCUT2D eigenvalue weighted by molar-refractivity contribution is 7.14. The molecule has 2 atom stereocenters. The number of halogens is 1. The molecule has 2 aromatic carbocycles. The van der Waals surface area contributed by atoms with Crippen molar-refractivity contribution < 1.29 is 14.3 Å². The van der Waals surface area contributed by atoms with Crippen LogP contribution in [-0.2, 0) is 9.59 Å². The Balaban J connectivity index is 1.60. The predicted molar refractivity (Wildman–Crippen MR) is 120 cm³/mol. The number of hydrogen-bond acceptors (Lipinski definition) is 5. The lowest BCUT2D eigenvalue weighted by molar-refractivity contribution is -0.122. The van der Waals surface area contributed by atoms with Gasteiger partial charge in [-0.15, -0.1) is 11.3 Å². The molecule has 2 unspecified atom stereocenters. The third-order valence-corrected chi connectivity index (χ3v) is 5.37. The quantitative estimate of drug-likeness (QED) is 0.534. The van der Waals surface area contributed by atoms with Crippen molar-refractivity contribution in [3.05, 3.63) is 64.5 Å². The highest BCUT2D eigenvalue weighted by Gasteiger charge is 2.17. The van der Waals surface area contributed by atoms with Crippen LogP contribution in [0.25, 0.3) is 11.3 Å². The predicted octanol–water partition coefficient (Wildman–Crippen LogP) is 5.07. The molecule has 0 saturated heterocycles. The SMILES string of the molecule is CC(=O)NC(C)c1ccc(-c2csc(NC(=O)C(C)Oc3ccc(Cl)cc3)n2)cc1. The van der Waals surface area contributed by atoms with Crippen LogP contribution in [0.2, 0.25) is 5.02 Å². The zero-order valence-electron chi connectivity index (χ0n) is 16.8. The molecule has 0 fully saturated rings. The molecule has 30 heavy (non-hydrogen) atoms. The van der Waals surface area contributed by atoms with Crippen LogP contribution >= 0.6 is 22.9 Å². The third kappa shape index (κ3) is 5.81. The molecule has 8 heteroatoms. The van der Waals surface area contributed by atoms with E-state index in [9.17, 15) is 9.59 Å². The van der Waals surface area contributed by atoms with E-state index in [1.807, 2.05) is 36.6 Å². The number of nitrogens with zero attached hydrogens (tertiary/aromatic N) is 1. The molecule has 6 nitrogen and oxygen atoms in total. The van der Waals surface area contributed by atoms with Crippen LogP contribution in [0.1, 0.15) is 32.4 Å². The first-order valence-electron chi connectivity index (χ1n) is 9.38. The molecule has 156 valence electrons. The molecular formula is C22H22ClN3O3S. The van der Waals surface area contributed by atoms with Crippen molar-refractivity contribution in [1.29, 1.82) is 0 Å². The standard InChI is InChI=1S/C22H22ClN3O3S/c1-13(24-15(3)27)16-4-6-17(7-5-16)20-12-30-22(25-20)26-21(28)14(2)29-19-10-8-18(23)9-11-19/h4-14H,1-3H3,(H,24,27)(H,25,26,28). The van der Waals surface area contributed by atoms with Gasteiger partial charge in [-0.25, -0.2) is 4.98 Å². The Morgan fingerprint density at radius 2 is 1.73 bits per heavy atom. The summed E-state index contributed by atoms with van der Waals surface area (Å²) in [6.45, 7) is 5.10. The van der Waals surface area contributed by atoms with E-state index in [0.717, 1.165) is 16.8 Å². The van der Waals surface area contributed by atoms with Gasteiger partial charge in [0, 0.05) is 22.9 Å². The fourth-order valence-corrected chi connectivity index (χ4v) is 3.62. The number of rotatable bonds is 7.